The lowest BCUT2D eigenvalue weighted by atomic mass is 10.1. The fourth-order valence-corrected chi connectivity index (χ4v) is 1.74. The van der Waals surface area contributed by atoms with Crippen molar-refractivity contribution in [3.05, 3.63) is 35.4 Å². The number of carbonyl (C=O) groups excluding carboxylic acids is 1. The molecule has 106 valence electrons. The third kappa shape index (κ3) is 3.78. The molecule has 0 aliphatic heterocycles. The summed E-state index contributed by atoms with van der Waals surface area (Å²) in [5, 5.41) is 11.5. The van der Waals surface area contributed by atoms with Crippen molar-refractivity contribution in [3.8, 4) is 0 Å². The SMILES string of the molecule is CC(C)(C(=O)NCc1ccc(CO)cc1)S(C)(=O)=O. The molecule has 6 heteroatoms. The van der Waals surface area contributed by atoms with E-state index >= 15 is 0 Å². The number of benzene rings is 1. The zero-order valence-corrected chi connectivity index (χ0v) is 12.1. The molecule has 0 atom stereocenters. The van der Waals surface area contributed by atoms with Gasteiger partial charge in [-0.1, -0.05) is 24.3 Å². The molecule has 0 spiro atoms. The van der Waals surface area contributed by atoms with Crippen LogP contribution >= 0.6 is 0 Å². The number of carbonyl (C=O) groups is 1. The van der Waals surface area contributed by atoms with Crippen LogP contribution in [-0.4, -0.2) is 30.4 Å². The number of hydrogen-bond donors (Lipinski definition) is 2. The highest BCUT2D eigenvalue weighted by Gasteiger charge is 2.38. The van der Waals surface area contributed by atoms with Gasteiger partial charge in [0, 0.05) is 12.8 Å². The maximum absolute atomic E-state index is 11.9. The third-order valence-corrected chi connectivity index (χ3v) is 5.17. The van der Waals surface area contributed by atoms with Gasteiger partial charge in [0.2, 0.25) is 5.91 Å². The standard InChI is InChI=1S/C13H19NO4S/c1-13(2,19(3,17)18)12(16)14-8-10-4-6-11(9-15)7-5-10/h4-7,15H,8-9H2,1-3H3,(H,14,16). The molecule has 1 rings (SSSR count). The second-order valence-corrected chi connectivity index (χ2v) is 7.50. The van der Waals surface area contributed by atoms with Gasteiger partial charge in [0.1, 0.15) is 4.75 Å². The molecule has 0 radical (unpaired) electrons. The topological polar surface area (TPSA) is 83.5 Å². The van der Waals surface area contributed by atoms with E-state index in [0.29, 0.717) is 0 Å². The summed E-state index contributed by atoms with van der Waals surface area (Å²) >= 11 is 0. The fraction of sp³-hybridized carbons (Fsp3) is 0.462. The maximum atomic E-state index is 11.9. The fourth-order valence-electron chi connectivity index (χ4n) is 1.33. The van der Waals surface area contributed by atoms with Crippen molar-refractivity contribution in [3.63, 3.8) is 0 Å². The summed E-state index contributed by atoms with van der Waals surface area (Å²) in [4.78, 5) is 11.9. The molecular weight excluding hydrogens is 266 g/mol. The molecule has 2 N–H and O–H groups in total. The zero-order chi connectivity index (χ0) is 14.7. The number of aliphatic hydroxyl groups is 1. The van der Waals surface area contributed by atoms with E-state index in [1.54, 1.807) is 24.3 Å². The van der Waals surface area contributed by atoms with Crippen molar-refractivity contribution >= 4 is 15.7 Å². The Morgan fingerprint density at radius 1 is 1.21 bits per heavy atom. The molecule has 0 aromatic heterocycles. The minimum absolute atomic E-state index is 0.0340. The molecule has 0 heterocycles. The zero-order valence-electron chi connectivity index (χ0n) is 11.3. The monoisotopic (exact) mass is 285 g/mol. The summed E-state index contributed by atoms with van der Waals surface area (Å²) < 4.78 is 21.6. The Labute approximate surface area is 113 Å². The summed E-state index contributed by atoms with van der Waals surface area (Å²) in [7, 11) is -3.46. The Bertz CT molecular complexity index is 547. The van der Waals surface area contributed by atoms with E-state index in [9.17, 15) is 13.2 Å². The second-order valence-electron chi connectivity index (χ2n) is 4.94. The van der Waals surface area contributed by atoms with Crippen molar-refractivity contribution in [1.82, 2.24) is 5.32 Å². The molecular formula is C13H19NO4S. The minimum atomic E-state index is -3.46. The first-order valence-electron chi connectivity index (χ1n) is 5.85. The maximum Gasteiger partial charge on any atom is 0.241 e. The minimum Gasteiger partial charge on any atom is -0.392 e. The number of amides is 1. The van der Waals surface area contributed by atoms with E-state index in [2.05, 4.69) is 5.32 Å². The lowest BCUT2D eigenvalue weighted by Crippen LogP contribution is -2.47. The number of aliphatic hydroxyl groups excluding tert-OH is 1. The first-order valence-corrected chi connectivity index (χ1v) is 7.74. The van der Waals surface area contributed by atoms with Crippen molar-refractivity contribution in [2.75, 3.05) is 6.26 Å². The molecule has 1 aromatic carbocycles. The van der Waals surface area contributed by atoms with E-state index in [-0.39, 0.29) is 13.2 Å². The van der Waals surface area contributed by atoms with E-state index in [4.69, 9.17) is 5.11 Å². The van der Waals surface area contributed by atoms with Gasteiger partial charge in [-0.2, -0.15) is 0 Å². The van der Waals surface area contributed by atoms with Gasteiger partial charge >= 0.3 is 0 Å². The molecule has 1 amide bonds. The van der Waals surface area contributed by atoms with Crippen LogP contribution in [0.1, 0.15) is 25.0 Å². The van der Waals surface area contributed by atoms with Crippen LogP contribution in [-0.2, 0) is 27.8 Å². The number of hydrogen-bond acceptors (Lipinski definition) is 4. The number of nitrogens with one attached hydrogen (secondary N) is 1. The lowest BCUT2D eigenvalue weighted by molar-refractivity contribution is -0.123. The summed E-state index contributed by atoms with van der Waals surface area (Å²) in [6.45, 7) is 2.98. The van der Waals surface area contributed by atoms with Crippen LogP contribution in [0, 0.1) is 0 Å². The summed E-state index contributed by atoms with van der Waals surface area (Å²) in [5.41, 5.74) is 1.63. The quantitative estimate of drug-likeness (QED) is 0.830. The van der Waals surface area contributed by atoms with E-state index in [0.717, 1.165) is 17.4 Å². The predicted molar refractivity (Wildman–Crippen MR) is 73.1 cm³/mol. The molecule has 0 aliphatic rings. The molecule has 0 fully saturated rings. The molecule has 0 aliphatic carbocycles. The first-order chi connectivity index (χ1) is 8.68. The van der Waals surface area contributed by atoms with Crippen LogP contribution in [0.15, 0.2) is 24.3 Å². The molecule has 19 heavy (non-hydrogen) atoms. The van der Waals surface area contributed by atoms with Crippen LogP contribution < -0.4 is 5.32 Å². The largest absolute Gasteiger partial charge is 0.392 e. The van der Waals surface area contributed by atoms with Gasteiger partial charge in [-0.25, -0.2) is 8.42 Å². The number of rotatable bonds is 5. The van der Waals surface area contributed by atoms with Crippen molar-refractivity contribution in [2.45, 2.75) is 31.7 Å². The lowest BCUT2D eigenvalue weighted by Gasteiger charge is -2.21. The first kappa shape index (κ1) is 15.7. The highest BCUT2D eigenvalue weighted by atomic mass is 32.2. The normalized spacial score (nSPS) is 12.2. The molecule has 0 saturated heterocycles. The Kier molecular flexibility index (Phi) is 4.70. The van der Waals surface area contributed by atoms with E-state index in [1.165, 1.54) is 13.8 Å². The highest BCUT2D eigenvalue weighted by molar-refractivity contribution is 7.92. The van der Waals surface area contributed by atoms with Gasteiger partial charge in [0.05, 0.1) is 6.61 Å². The van der Waals surface area contributed by atoms with E-state index < -0.39 is 20.5 Å². The van der Waals surface area contributed by atoms with Crippen LogP contribution in [0.5, 0.6) is 0 Å². The van der Waals surface area contributed by atoms with Crippen LogP contribution in [0.25, 0.3) is 0 Å². The highest BCUT2D eigenvalue weighted by Crippen LogP contribution is 2.15. The summed E-state index contributed by atoms with van der Waals surface area (Å²) in [6.07, 6.45) is 1.04. The van der Waals surface area contributed by atoms with Gasteiger partial charge in [-0.05, 0) is 25.0 Å². The van der Waals surface area contributed by atoms with Crippen LogP contribution in [0.4, 0.5) is 0 Å². The molecule has 0 saturated carbocycles. The summed E-state index contributed by atoms with van der Waals surface area (Å²) in [5.74, 6) is -0.527. The Hall–Kier alpha value is -1.40. The smallest absolute Gasteiger partial charge is 0.241 e. The van der Waals surface area contributed by atoms with Crippen molar-refractivity contribution in [2.24, 2.45) is 0 Å². The Morgan fingerprint density at radius 3 is 2.11 bits per heavy atom. The second kappa shape index (κ2) is 5.71. The Morgan fingerprint density at radius 2 is 1.68 bits per heavy atom. The van der Waals surface area contributed by atoms with Gasteiger partial charge in [0.15, 0.2) is 9.84 Å². The number of sulfone groups is 1. The van der Waals surface area contributed by atoms with Gasteiger partial charge in [-0.3, -0.25) is 4.79 Å². The molecule has 0 bridgehead atoms. The van der Waals surface area contributed by atoms with Gasteiger partial charge in [0.25, 0.3) is 0 Å². The van der Waals surface area contributed by atoms with Crippen molar-refractivity contribution in [1.29, 1.82) is 0 Å². The predicted octanol–water partition coefficient (Wildman–Crippen LogP) is 0.618. The molecule has 1 aromatic rings. The molecule has 5 nitrogen and oxygen atoms in total. The van der Waals surface area contributed by atoms with Gasteiger partial charge in [-0.15, -0.1) is 0 Å². The summed E-state index contributed by atoms with van der Waals surface area (Å²) in [6, 6.07) is 7.06. The van der Waals surface area contributed by atoms with Crippen molar-refractivity contribution < 1.29 is 18.3 Å². The van der Waals surface area contributed by atoms with Crippen LogP contribution in [0.3, 0.4) is 0 Å². The average Bonchev–Trinajstić information content (AvgIpc) is 2.35. The Balaban J connectivity index is 2.69. The van der Waals surface area contributed by atoms with Crippen LogP contribution in [0.2, 0.25) is 0 Å². The third-order valence-electron chi connectivity index (χ3n) is 3.13. The molecule has 0 unspecified atom stereocenters. The van der Waals surface area contributed by atoms with Gasteiger partial charge < -0.3 is 10.4 Å². The average molecular weight is 285 g/mol. The van der Waals surface area contributed by atoms with E-state index in [1.807, 2.05) is 0 Å².